The van der Waals surface area contributed by atoms with Crippen LogP contribution in [0.25, 0.3) is 0 Å². The molecule has 3 rings (SSSR count). The van der Waals surface area contributed by atoms with Crippen LogP contribution in [0.5, 0.6) is 5.75 Å². The van der Waals surface area contributed by atoms with E-state index in [1.807, 2.05) is 0 Å². The Morgan fingerprint density at radius 1 is 1.29 bits per heavy atom. The fourth-order valence-corrected chi connectivity index (χ4v) is 3.62. The summed E-state index contributed by atoms with van der Waals surface area (Å²) in [6.07, 6.45) is 0.962. The van der Waals surface area contributed by atoms with Crippen molar-refractivity contribution >= 4 is 21.6 Å². The predicted octanol–water partition coefficient (Wildman–Crippen LogP) is 0.490. The summed E-state index contributed by atoms with van der Waals surface area (Å²) >= 11 is 0. The molecule has 1 saturated carbocycles. The van der Waals surface area contributed by atoms with Gasteiger partial charge in [-0.05, 0) is 31.0 Å². The first-order valence-corrected chi connectivity index (χ1v) is 9.18. The highest BCUT2D eigenvalue weighted by Crippen LogP contribution is 2.29. The van der Waals surface area contributed by atoms with Gasteiger partial charge in [-0.15, -0.1) is 0 Å². The number of hydrogen-bond donors (Lipinski definition) is 2. The topological polar surface area (TPSA) is 103 Å². The zero-order chi connectivity index (χ0) is 17.2. The van der Waals surface area contributed by atoms with Gasteiger partial charge in [0.25, 0.3) is 5.91 Å². The summed E-state index contributed by atoms with van der Waals surface area (Å²) in [7, 11) is -2.17. The fraction of sp³-hybridized carbons (Fsp3) is 0.533. The van der Waals surface area contributed by atoms with Crippen molar-refractivity contribution < 1.29 is 27.4 Å². The highest BCUT2D eigenvalue weighted by Gasteiger charge is 2.29. The molecule has 132 valence electrons. The van der Waals surface area contributed by atoms with Gasteiger partial charge in [0.15, 0.2) is 6.10 Å². The largest absolute Gasteiger partial charge is 0.495 e. The molecule has 2 aliphatic rings. The number of ether oxygens (including phenoxy) is 3. The first kappa shape index (κ1) is 17.2. The molecule has 0 aromatic heterocycles. The Balaban J connectivity index is 1.79. The Morgan fingerprint density at radius 3 is 2.71 bits per heavy atom. The third kappa shape index (κ3) is 4.04. The second-order valence-corrected chi connectivity index (χ2v) is 7.40. The minimum atomic E-state index is -3.62. The monoisotopic (exact) mass is 356 g/mol. The van der Waals surface area contributed by atoms with Crippen molar-refractivity contribution in [1.82, 2.24) is 4.72 Å². The fourth-order valence-electron chi connectivity index (χ4n) is 2.29. The number of sulfonamides is 1. The van der Waals surface area contributed by atoms with E-state index in [0.717, 1.165) is 12.8 Å². The number of rotatable bonds is 6. The van der Waals surface area contributed by atoms with Gasteiger partial charge in [-0.2, -0.15) is 0 Å². The van der Waals surface area contributed by atoms with Crippen LogP contribution in [-0.2, 0) is 24.3 Å². The molecule has 1 aromatic carbocycles. The molecule has 24 heavy (non-hydrogen) atoms. The summed E-state index contributed by atoms with van der Waals surface area (Å²) in [5.41, 5.74) is 0.273. The van der Waals surface area contributed by atoms with Crippen LogP contribution in [0.2, 0.25) is 0 Å². The quantitative estimate of drug-likeness (QED) is 0.769. The number of carbonyl (C=O) groups is 1. The van der Waals surface area contributed by atoms with E-state index in [-0.39, 0.29) is 23.2 Å². The summed E-state index contributed by atoms with van der Waals surface area (Å²) in [6.45, 7) is 0.956. The third-order valence-corrected chi connectivity index (χ3v) is 5.26. The molecule has 8 nitrogen and oxygen atoms in total. The number of nitrogens with one attached hydrogen (secondary N) is 2. The Labute approximate surface area is 140 Å². The van der Waals surface area contributed by atoms with Crippen molar-refractivity contribution in [3.8, 4) is 5.75 Å². The summed E-state index contributed by atoms with van der Waals surface area (Å²) < 4.78 is 43.0. The standard InChI is InChI=1S/C15H20N2O6S/c1-21-13-5-4-11(24(19,20)17-10-2-3-10)8-12(13)16-15(18)14-9-22-6-7-23-14/h4-5,8,10,14,17H,2-3,6-7,9H2,1H3,(H,16,18). The lowest BCUT2D eigenvalue weighted by atomic mass is 10.2. The maximum absolute atomic E-state index is 12.3. The van der Waals surface area contributed by atoms with Gasteiger partial charge in [0.2, 0.25) is 10.0 Å². The van der Waals surface area contributed by atoms with Crippen molar-refractivity contribution in [2.45, 2.75) is 29.9 Å². The van der Waals surface area contributed by atoms with E-state index in [1.165, 1.54) is 25.3 Å². The SMILES string of the molecule is COc1ccc(S(=O)(=O)NC2CC2)cc1NC(=O)C1COCCO1. The number of benzene rings is 1. The maximum atomic E-state index is 12.3. The van der Waals surface area contributed by atoms with Crippen LogP contribution in [0.4, 0.5) is 5.69 Å². The summed E-state index contributed by atoms with van der Waals surface area (Å²) in [6, 6.07) is 4.34. The smallest absolute Gasteiger partial charge is 0.256 e. The molecular weight excluding hydrogens is 336 g/mol. The lowest BCUT2D eigenvalue weighted by Crippen LogP contribution is -2.39. The van der Waals surface area contributed by atoms with Crippen LogP contribution in [-0.4, -0.2) is 53.4 Å². The summed E-state index contributed by atoms with van der Waals surface area (Å²) in [4.78, 5) is 12.3. The van der Waals surface area contributed by atoms with E-state index < -0.39 is 22.0 Å². The van der Waals surface area contributed by atoms with Crippen LogP contribution in [0, 0.1) is 0 Å². The van der Waals surface area contributed by atoms with E-state index >= 15 is 0 Å². The average Bonchev–Trinajstić information content (AvgIpc) is 3.39. The number of amides is 1. The Kier molecular flexibility index (Phi) is 5.04. The van der Waals surface area contributed by atoms with Crippen molar-refractivity contribution in [3.63, 3.8) is 0 Å². The van der Waals surface area contributed by atoms with E-state index in [4.69, 9.17) is 14.2 Å². The third-order valence-electron chi connectivity index (χ3n) is 3.75. The van der Waals surface area contributed by atoms with E-state index in [1.54, 1.807) is 0 Å². The molecule has 0 bridgehead atoms. The minimum Gasteiger partial charge on any atom is -0.495 e. The van der Waals surface area contributed by atoms with Gasteiger partial charge < -0.3 is 19.5 Å². The molecular formula is C15H20N2O6S. The summed E-state index contributed by atoms with van der Waals surface area (Å²) in [5.74, 6) is -0.0388. The Hall–Kier alpha value is -1.68. The van der Waals surface area contributed by atoms with Gasteiger partial charge in [-0.3, -0.25) is 4.79 Å². The average molecular weight is 356 g/mol. The predicted molar refractivity (Wildman–Crippen MR) is 85.5 cm³/mol. The second-order valence-electron chi connectivity index (χ2n) is 5.68. The minimum absolute atomic E-state index is 0.00271. The number of anilines is 1. The number of methoxy groups -OCH3 is 1. The zero-order valence-electron chi connectivity index (χ0n) is 13.3. The molecule has 1 unspecified atom stereocenters. The van der Waals surface area contributed by atoms with Crippen LogP contribution < -0.4 is 14.8 Å². The van der Waals surface area contributed by atoms with Gasteiger partial charge >= 0.3 is 0 Å². The Morgan fingerprint density at radius 2 is 2.08 bits per heavy atom. The van der Waals surface area contributed by atoms with Crippen LogP contribution in [0.3, 0.4) is 0 Å². The lowest BCUT2D eigenvalue weighted by molar-refractivity contribution is -0.142. The maximum Gasteiger partial charge on any atom is 0.256 e. The van der Waals surface area contributed by atoms with Gasteiger partial charge in [0.1, 0.15) is 5.75 Å². The lowest BCUT2D eigenvalue weighted by Gasteiger charge is -2.22. The second kappa shape index (κ2) is 7.06. The van der Waals surface area contributed by atoms with Crippen LogP contribution >= 0.6 is 0 Å². The molecule has 2 fully saturated rings. The molecule has 1 heterocycles. The molecule has 1 atom stereocenters. The zero-order valence-corrected chi connectivity index (χ0v) is 14.1. The molecule has 1 amide bonds. The van der Waals surface area contributed by atoms with E-state index in [9.17, 15) is 13.2 Å². The first-order chi connectivity index (χ1) is 11.5. The molecule has 9 heteroatoms. The highest BCUT2D eigenvalue weighted by atomic mass is 32.2. The van der Waals surface area contributed by atoms with Gasteiger partial charge in [-0.25, -0.2) is 13.1 Å². The van der Waals surface area contributed by atoms with Gasteiger partial charge in [0, 0.05) is 6.04 Å². The number of carbonyl (C=O) groups excluding carboxylic acids is 1. The van der Waals surface area contributed by atoms with Crippen molar-refractivity contribution in [2.75, 3.05) is 32.2 Å². The first-order valence-electron chi connectivity index (χ1n) is 7.70. The van der Waals surface area contributed by atoms with Crippen LogP contribution in [0.15, 0.2) is 23.1 Å². The van der Waals surface area contributed by atoms with E-state index in [0.29, 0.717) is 19.0 Å². The van der Waals surface area contributed by atoms with Crippen molar-refractivity contribution in [2.24, 2.45) is 0 Å². The van der Waals surface area contributed by atoms with Gasteiger partial charge in [-0.1, -0.05) is 0 Å². The van der Waals surface area contributed by atoms with Crippen molar-refractivity contribution in [3.05, 3.63) is 18.2 Å². The number of hydrogen-bond acceptors (Lipinski definition) is 6. The van der Waals surface area contributed by atoms with Crippen LogP contribution in [0.1, 0.15) is 12.8 Å². The molecule has 0 spiro atoms. The Bertz CT molecular complexity index is 711. The highest BCUT2D eigenvalue weighted by molar-refractivity contribution is 7.89. The molecule has 1 saturated heterocycles. The molecule has 1 aliphatic carbocycles. The molecule has 1 aromatic rings. The molecule has 0 radical (unpaired) electrons. The van der Waals surface area contributed by atoms with Crippen molar-refractivity contribution in [1.29, 1.82) is 0 Å². The molecule has 1 aliphatic heterocycles. The van der Waals surface area contributed by atoms with E-state index in [2.05, 4.69) is 10.0 Å². The normalized spacial score (nSPS) is 21.3. The molecule has 2 N–H and O–H groups in total. The van der Waals surface area contributed by atoms with Gasteiger partial charge in [0.05, 0.1) is 37.5 Å². The summed E-state index contributed by atoms with van der Waals surface area (Å²) in [5, 5.41) is 2.65.